The lowest BCUT2D eigenvalue weighted by molar-refractivity contribution is 0.248. The number of hydrogen-bond donors (Lipinski definition) is 0. The Morgan fingerprint density at radius 2 is 0.345 bits per heavy atom. The van der Waals surface area contributed by atoms with Gasteiger partial charge in [0.05, 0.1) is 27.8 Å². The summed E-state index contributed by atoms with van der Waals surface area (Å²) in [7, 11) is 0. The van der Waals surface area contributed by atoms with Crippen LogP contribution in [0.15, 0.2) is 91.0 Å². The summed E-state index contributed by atoms with van der Waals surface area (Å²) >= 11 is 0. The molecule has 0 N–H and O–H groups in total. The highest BCUT2D eigenvalue weighted by Crippen LogP contribution is 2.40. The van der Waals surface area contributed by atoms with E-state index in [1.165, 1.54) is 327 Å². The number of hydrogen-bond acceptors (Lipinski definition) is 5. The SMILES string of the molecule is CCCCC1CCC(CCc2ccc(C#N)c(F)c2)CC1.CCCCCCC1CCC(CCc2ccc(C#N)c(F)c2)CC1.CCCCCCCC1CCC(CCc2ccc(C#N)c(F)c2)CC1.CCCCCCCCC1CCC(CCc2ccc(C#N)c(F)c2)CC1.CCCCCCCCCC1CCC(CCc2ccc(C#N)c(F)c2)CC1. The molecule has 5 aliphatic rings. The minimum Gasteiger partial charge on any atom is -0.206 e. The summed E-state index contributed by atoms with van der Waals surface area (Å²) in [6.07, 6.45) is 78.4. The molecule has 0 aromatic heterocycles. The summed E-state index contributed by atoms with van der Waals surface area (Å²) in [5, 5.41) is 43.9. The number of rotatable bonds is 44. The predicted molar refractivity (Wildman–Crippen MR) is 487 cm³/mol. The van der Waals surface area contributed by atoms with Gasteiger partial charge in [-0.2, -0.15) is 26.3 Å². The molecule has 0 aliphatic heterocycles. The molecular formula is C109H158F5N5. The molecule has 5 fully saturated rings. The molecule has 119 heavy (non-hydrogen) atoms. The Labute approximate surface area is 722 Å². The lowest BCUT2D eigenvalue weighted by atomic mass is 9.77. The summed E-state index contributed by atoms with van der Waals surface area (Å²) in [6, 6.07) is 34.7. The van der Waals surface area contributed by atoms with Crippen LogP contribution in [0.3, 0.4) is 0 Å². The van der Waals surface area contributed by atoms with Crippen molar-refractivity contribution in [3.63, 3.8) is 0 Å². The average Bonchev–Trinajstić information content (AvgIpc) is 0.881. The third-order valence-corrected chi connectivity index (χ3v) is 28.1. The molecule has 5 nitrogen and oxygen atoms in total. The van der Waals surface area contributed by atoms with Gasteiger partial charge in [-0.3, -0.25) is 0 Å². The minimum atomic E-state index is -0.377. The smallest absolute Gasteiger partial charge is 0.141 e. The molecule has 10 heteroatoms. The van der Waals surface area contributed by atoms with Gasteiger partial charge in [-0.25, -0.2) is 22.0 Å². The summed E-state index contributed by atoms with van der Waals surface area (Å²) in [6.45, 7) is 11.4. The fraction of sp³-hybridized carbons (Fsp3) is 0.679. The monoisotopic (exact) mass is 1630 g/mol. The van der Waals surface area contributed by atoms with Crippen molar-refractivity contribution < 1.29 is 22.0 Å². The number of nitriles is 5. The second kappa shape index (κ2) is 62.3. The highest BCUT2D eigenvalue weighted by Gasteiger charge is 2.26. The second-order valence-corrected chi connectivity index (χ2v) is 37.4. The fourth-order valence-corrected chi connectivity index (χ4v) is 19.9. The van der Waals surface area contributed by atoms with Gasteiger partial charge in [-0.1, -0.05) is 380 Å². The molecule has 0 radical (unpaired) electrons. The average molecular weight is 1630 g/mol. The zero-order valence-corrected chi connectivity index (χ0v) is 75.3. The fourth-order valence-electron chi connectivity index (χ4n) is 19.9. The maximum absolute atomic E-state index is 13.7. The van der Waals surface area contributed by atoms with Gasteiger partial charge in [0.2, 0.25) is 0 Å². The molecule has 5 saturated carbocycles. The van der Waals surface area contributed by atoms with Gasteiger partial charge < -0.3 is 0 Å². The van der Waals surface area contributed by atoms with Gasteiger partial charge in [0.15, 0.2) is 0 Å². The molecule has 0 spiro atoms. The Hall–Kier alpha value is -6.80. The predicted octanol–water partition coefficient (Wildman–Crippen LogP) is 33.6. The van der Waals surface area contributed by atoms with E-state index in [-0.39, 0.29) is 56.9 Å². The third kappa shape index (κ3) is 42.2. The van der Waals surface area contributed by atoms with Crippen molar-refractivity contribution in [1.29, 1.82) is 26.3 Å². The summed E-state index contributed by atoms with van der Waals surface area (Å²) in [4.78, 5) is 0. The van der Waals surface area contributed by atoms with E-state index in [9.17, 15) is 22.0 Å². The molecule has 654 valence electrons. The second-order valence-electron chi connectivity index (χ2n) is 37.4. The Morgan fingerprint density at radius 3 is 0.504 bits per heavy atom. The Kier molecular flexibility index (Phi) is 52.9. The van der Waals surface area contributed by atoms with Crippen LogP contribution in [-0.2, 0) is 32.1 Å². The molecule has 0 unspecified atom stereocenters. The summed E-state index contributed by atoms with van der Waals surface area (Å²) in [5.41, 5.74) is 5.91. The van der Waals surface area contributed by atoms with E-state index in [4.69, 9.17) is 26.3 Å². The van der Waals surface area contributed by atoms with Crippen LogP contribution in [0.4, 0.5) is 22.0 Å². The lowest BCUT2D eigenvalue weighted by Crippen LogP contribution is -2.15. The molecule has 0 atom stereocenters. The number of aryl methyl sites for hydroxylation is 5. The first-order valence-corrected chi connectivity index (χ1v) is 49.1. The highest BCUT2D eigenvalue weighted by molar-refractivity contribution is 5.37. The number of halogens is 5. The zero-order valence-electron chi connectivity index (χ0n) is 75.3. The number of benzene rings is 5. The molecule has 5 aromatic carbocycles. The molecular weight excluding hydrogens is 1470 g/mol. The molecule has 5 aromatic rings. The molecule has 0 saturated heterocycles. The van der Waals surface area contributed by atoms with E-state index in [1.54, 1.807) is 48.5 Å². The summed E-state index contributed by atoms with van der Waals surface area (Å²) in [5.74, 6) is 6.93. The van der Waals surface area contributed by atoms with E-state index in [0.29, 0.717) is 0 Å². The van der Waals surface area contributed by atoms with Crippen LogP contribution in [0.2, 0.25) is 0 Å². The topological polar surface area (TPSA) is 119 Å². The zero-order chi connectivity index (χ0) is 85.3. The van der Waals surface area contributed by atoms with Gasteiger partial charge in [-0.05, 0) is 212 Å². The van der Waals surface area contributed by atoms with Gasteiger partial charge >= 0.3 is 0 Å². The van der Waals surface area contributed by atoms with Crippen LogP contribution >= 0.6 is 0 Å². The van der Waals surface area contributed by atoms with Crippen molar-refractivity contribution >= 4 is 0 Å². The van der Waals surface area contributed by atoms with E-state index < -0.39 is 0 Å². The van der Waals surface area contributed by atoms with Crippen molar-refractivity contribution in [1.82, 2.24) is 0 Å². The van der Waals surface area contributed by atoms with Gasteiger partial charge in [-0.15, -0.1) is 0 Å². The van der Waals surface area contributed by atoms with Crippen LogP contribution in [-0.4, -0.2) is 0 Å². The maximum atomic E-state index is 13.7. The van der Waals surface area contributed by atoms with Crippen molar-refractivity contribution in [3.05, 3.63) is 176 Å². The third-order valence-electron chi connectivity index (χ3n) is 28.1. The standard InChI is InChI=1S/C24H36FN.C23H34FN.C22H32FN.C21H30FN.C19H26FN/c1-2-3-4-5-6-7-8-9-20-10-12-21(13-11-20)14-15-22-16-17-23(19-26)24(25)18-22;1-2-3-4-5-6-7-8-19-9-11-20(12-10-19)13-14-21-15-16-22(18-25)23(24)17-21;1-2-3-4-5-6-7-18-8-10-19(11-9-18)12-13-20-14-15-21(17-24)22(23)16-20;1-2-3-4-5-6-17-7-9-18(10-8-17)11-12-19-13-14-20(16-23)21(22)15-19;1-2-3-4-15-5-7-16(8-6-15)9-10-17-11-12-18(14-21)19(20)13-17/h16-18,20-21H,2-15H2,1H3;15-17,19-20H,2-14H2,1H3;14-16,18-19H,2-13H2,1H3;13-15,17-18H,2-12H2,1H3;11-13,15-16H,2-10H2,1H3. The quantitative estimate of drug-likeness (QED) is 0.0284. The Bertz CT molecular complexity index is 3730. The van der Waals surface area contributed by atoms with Gasteiger partial charge in [0, 0.05) is 0 Å². The molecule has 10 rings (SSSR count). The van der Waals surface area contributed by atoms with Crippen LogP contribution < -0.4 is 0 Å². The molecule has 5 aliphatic carbocycles. The van der Waals surface area contributed by atoms with E-state index >= 15 is 0 Å². The summed E-state index contributed by atoms with van der Waals surface area (Å²) < 4.78 is 68.2. The largest absolute Gasteiger partial charge is 0.206 e. The first-order chi connectivity index (χ1) is 58.1. The van der Waals surface area contributed by atoms with Crippen molar-refractivity contribution in [3.8, 4) is 30.3 Å². The van der Waals surface area contributed by atoms with Crippen LogP contribution in [0, 0.1) is 145 Å². The van der Waals surface area contributed by atoms with Gasteiger partial charge in [0.25, 0.3) is 0 Å². The van der Waals surface area contributed by atoms with E-state index in [0.717, 1.165) is 151 Å². The highest BCUT2D eigenvalue weighted by atomic mass is 19.1. The first kappa shape index (κ1) is 101. The number of unbranched alkanes of at least 4 members (excludes halogenated alkanes) is 19. The number of nitrogens with zero attached hydrogens (tertiary/aromatic N) is 5. The minimum absolute atomic E-state index is 0.148. The lowest BCUT2D eigenvalue weighted by Gasteiger charge is -2.28. The van der Waals surface area contributed by atoms with Crippen molar-refractivity contribution in [2.45, 2.75) is 413 Å². The van der Waals surface area contributed by atoms with E-state index in [2.05, 4.69) is 34.6 Å². The van der Waals surface area contributed by atoms with Crippen LogP contribution in [0.25, 0.3) is 0 Å². The van der Waals surface area contributed by atoms with Crippen LogP contribution in [0.1, 0.15) is 437 Å². The normalized spacial score (nSPS) is 20.8. The molecule has 0 bridgehead atoms. The first-order valence-electron chi connectivity index (χ1n) is 49.1. The molecule has 0 heterocycles. The van der Waals surface area contributed by atoms with Crippen molar-refractivity contribution in [2.24, 2.45) is 59.2 Å². The Morgan fingerprint density at radius 1 is 0.202 bits per heavy atom. The van der Waals surface area contributed by atoms with Crippen molar-refractivity contribution in [2.75, 3.05) is 0 Å². The molecule has 0 amide bonds. The van der Waals surface area contributed by atoms with Crippen LogP contribution in [0.5, 0.6) is 0 Å². The maximum Gasteiger partial charge on any atom is 0.141 e. The van der Waals surface area contributed by atoms with E-state index in [1.807, 2.05) is 60.7 Å². The Balaban J connectivity index is 0.000000231. The van der Waals surface area contributed by atoms with Gasteiger partial charge in [0.1, 0.15) is 59.4 Å².